The molecule has 8 N–H and O–H groups in total. The van der Waals surface area contributed by atoms with Gasteiger partial charge in [0.1, 0.15) is 23.7 Å². The van der Waals surface area contributed by atoms with Gasteiger partial charge in [-0.3, -0.25) is 29.5 Å². The molecular formula is C45H62F2N8O6S. The van der Waals surface area contributed by atoms with Crippen molar-refractivity contribution >= 4 is 40.1 Å². The van der Waals surface area contributed by atoms with Gasteiger partial charge in [0.25, 0.3) is 0 Å². The molecule has 7 rings (SSSR count). The first-order valence-electron chi connectivity index (χ1n) is 21.9. The second-order valence-corrected chi connectivity index (χ2v) is 18.3. The molecule has 2 saturated carbocycles. The molecule has 338 valence electrons. The van der Waals surface area contributed by atoms with Gasteiger partial charge < -0.3 is 31.9 Å². The number of Topliss-reactive ketones (excluding diaryl/α,β-unsaturated/α-hetero) is 1. The molecule has 14 nitrogen and oxygen atoms in total. The summed E-state index contributed by atoms with van der Waals surface area (Å²) >= 11 is 1.16. The molecule has 4 amide bonds. The Hall–Kier alpha value is -4.39. The van der Waals surface area contributed by atoms with Crippen molar-refractivity contribution in [3.8, 4) is 0 Å². The number of aryl methyl sites for hydroxylation is 1. The summed E-state index contributed by atoms with van der Waals surface area (Å²) in [5.74, 6) is -0.522. The van der Waals surface area contributed by atoms with Crippen LogP contribution in [0, 0.1) is 30.4 Å². The van der Waals surface area contributed by atoms with E-state index in [0.29, 0.717) is 54.1 Å². The number of hydrogen-bond donors (Lipinski definition) is 7. The normalized spacial score (nSPS) is 27.0. The summed E-state index contributed by atoms with van der Waals surface area (Å²) < 4.78 is 26.4. The van der Waals surface area contributed by atoms with Crippen molar-refractivity contribution in [2.45, 2.75) is 114 Å². The maximum Gasteiger partial charge on any atom is 0.321 e. The van der Waals surface area contributed by atoms with Crippen LogP contribution in [0.5, 0.6) is 0 Å². The number of nitrogens with two attached hydrogens (primary N) is 1. The predicted octanol–water partition coefficient (Wildman–Crippen LogP) is 3.92. The van der Waals surface area contributed by atoms with Crippen molar-refractivity contribution in [1.29, 1.82) is 0 Å². The molecule has 0 unspecified atom stereocenters. The van der Waals surface area contributed by atoms with Gasteiger partial charge in [-0.2, -0.15) is 0 Å². The lowest BCUT2D eigenvalue weighted by Crippen LogP contribution is -2.63. The number of benzene rings is 2. The van der Waals surface area contributed by atoms with Crippen LogP contribution in [0.25, 0.3) is 0 Å². The van der Waals surface area contributed by atoms with Crippen molar-refractivity contribution in [2.24, 2.45) is 17.6 Å². The molecule has 8 atom stereocenters. The highest BCUT2D eigenvalue weighted by atomic mass is 32.1. The lowest BCUT2D eigenvalue weighted by atomic mass is 9.83. The Labute approximate surface area is 366 Å². The number of aliphatic hydroxyl groups is 2. The number of hydrogen-bond acceptors (Lipinski definition) is 11. The van der Waals surface area contributed by atoms with Crippen LogP contribution in [-0.4, -0.2) is 124 Å². The molecule has 3 heterocycles. The van der Waals surface area contributed by atoms with Gasteiger partial charge in [0.05, 0.1) is 23.8 Å². The minimum Gasteiger partial charge on any atom is -0.394 e. The van der Waals surface area contributed by atoms with Crippen molar-refractivity contribution in [3.05, 3.63) is 81.9 Å². The monoisotopic (exact) mass is 880 g/mol. The summed E-state index contributed by atoms with van der Waals surface area (Å²) in [4.78, 5) is 58.6. The van der Waals surface area contributed by atoms with Gasteiger partial charge in [0, 0.05) is 57.3 Å². The number of anilines is 1. The number of aromatic nitrogens is 1. The van der Waals surface area contributed by atoms with Gasteiger partial charge in [0.15, 0.2) is 10.9 Å². The minimum absolute atomic E-state index is 0.0411. The summed E-state index contributed by atoms with van der Waals surface area (Å²) in [5.41, 5.74) is 8.77. The predicted molar refractivity (Wildman–Crippen MR) is 234 cm³/mol. The third-order valence-electron chi connectivity index (χ3n) is 12.7. The van der Waals surface area contributed by atoms with Crippen molar-refractivity contribution < 1.29 is 38.2 Å². The number of aliphatic hydroxyl groups excluding tert-OH is 2. The molecule has 2 saturated heterocycles. The largest absolute Gasteiger partial charge is 0.394 e. The van der Waals surface area contributed by atoms with E-state index in [-0.39, 0.29) is 78.6 Å². The van der Waals surface area contributed by atoms with E-state index in [1.54, 1.807) is 31.2 Å². The number of amides is 4. The van der Waals surface area contributed by atoms with E-state index in [1.165, 1.54) is 44.0 Å². The van der Waals surface area contributed by atoms with Gasteiger partial charge in [0.2, 0.25) is 11.8 Å². The molecule has 2 aromatic carbocycles. The Kier molecular flexibility index (Phi) is 16.9. The topological polar surface area (TPSA) is 202 Å². The van der Waals surface area contributed by atoms with Crippen LogP contribution in [0.2, 0.25) is 0 Å². The Morgan fingerprint density at radius 3 is 1.76 bits per heavy atom. The van der Waals surface area contributed by atoms with E-state index < -0.39 is 12.1 Å². The molecular weight excluding hydrogens is 819 g/mol. The van der Waals surface area contributed by atoms with Crippen LogP contribution in [-0.2, 0) is 22.4 Å². The second-order valence-electron chi connectivity index (χ2n) is 17.3. The van der Waals surface area contributed by atoms with Crippen molar-refractivity contribution in [1.82, 2.24) is 30.7 Å². The van der Waals surface area contributed by atoms with Crippen LogP contribution in [0.3, 0.4) is 0 Å². The maximum absolute atomic E-state index is 13.3. The van der Waals surface area contributed by atoms with E-state index in [9.17, 15) is 38.2 Å². The fraction of sp³-hybridized carbons (Fsp3) is 0.578. The number of nitrogens with zero attached hydrogens (tertiary/aromatic N) is 3. The number of urea groups is 1. The number of nitrogens with one attached hydrogen (secondary N) is 4. The number of halogens is 2. The standard InChI is InChI=1S/C26H34FN5O4S.C19H28FN3O2/c1-15-23(16(2)34)37-26(28-15)31-25(36)30-21-6-4-3-5-18(21)12-32-13-20(29-24(35)22(32)14-33)11-17-7-9-19(27)10-8-17;20-15-7-5-13(6-8-15)9-16-11-23(18(12-24)19(25)22-16)10-14-3-1-2-4-17(14)21/h7-10,18,20-22,33H,3-6,11-14H2,1-2H3,(H,29,35)(H2,28,30,31,36);5-8,14,16-18,24H,1-4,9-12,21H2,(H,22,25)/t18-,20-,21+,22-;14-,16-,17+,18-/m00/s1. The lowest BCUT2D eigenvalue weighted by Gasteiger charge is -2.42. The quantitative estimate of drug-likeness (QED) is 0.124. The number of rotatable bonds is 13. The summed E-state index contributed by atoms with van der Waals surface area (Å²) in [6, 6.07) is 11.0. The van der Waals surface area contributed by atoms with Gasteiger partial charge in [-0.05, 0) is 92.7 Å². The highest BCUT2D eigenvalue weighted by Crippen LogP contribution is 2.29. The van der Waals surface area contributed by atoms with Crippen molar-refractivity contribution in [2.75, 3.05) is 44.7 Å². The average Bonchev–Trinajstić information content (AvgIpc) is 3.61. The van der Waals surface area contributed by atoms with Crippen LogP contribution in [0.1, 0.15) is 84.8 Å². The Morgan fingerprint density at radius 1 is 0.790 bits per heavy atom. The van der Waals surface area contributed by atoms with Crippen LogP contribution in [0.4, 0.5) is 18.7 Å². The molecule has 3 aromatic rings. The number of ketones is 1. The smallest absolute Gasteiger partial charge is 0.321 e. The minimum atomic E-state index is -0.649. The van der Waals surface area contributed by atoms with Gasteiger partial charge in [-0.1, -0.05) is 61.3 Å². The van der Waals surface area contributed by atoms with Crippen LogP contribution < -0.4 is 27.0 Å². The number of carbonyl (C=O) groups is 4. The van der Waals surface area contributed by atoms with Crippen molar-refractivity contribution in [3.63, 3.8) is 0 Å². The summed E-state index contributed by atoms with van der Waals surface area (Å²) in [6.07, 6.45) is 9.42. The fourth-order valence-electron chi connectivity index (χ4n) is 9.44. The molecule has 0 spiro atoms. The highest BCUT2D eigenvalue weighted by molar-refractivity contribution is 7.17. The third kappa shape index (κ3) is 12.8. The summed E-state index contributed by atoms with van der Waals surface area (Å²) in [6.45, 7) is 5.28. The van der Waals surface area contributed by atoms with E-state index in [4.69, 9.17) is 5.73 Å². The number of carbonyl (C=O) groups excluding carboxylic acids is 4. The molecule has 62 heavy (non-hydrogen) atoms. The fourth-order valence-corrected chi connectivity index (χ4v) is 10.3. The lowest BCUT2D eigenvalue weighted by molar-refractivity contribution is -0.133. The zero-order valence-electron chi connectivity index (χ0n) is 35.7. The van der Waals surface area contributed by atoms with E-state index in [1.807, 2.05) is 4.90 Å². The highest BCUT2D eigenvalue weighted by Gasteiger charge is 2.39. The van der Waals surface area contributed by atoms with Gasteiger partial charge in [-0.25, -0.2) is 18.6 Å². The molecule has 17 heteroatoms. The Morgan fingerprint density at radius 2 is 1.27 bits per heavy atom. The number of thiazole rings is 1. The van der Waals surface area contributed by atoms with Gasteiger partial charge >= 0.3 is 6.03 Å². The van der Waals surface area contributed by atoms with E-state index in [0.717, 1.165) is 67.5 Å². The first kappa shape index (κ1) is 47.1. The summed E-state index contributed by atoms with van der Waals surface area (Å²) in [5, 5.41) is 31.8. The maximum atomic E-state index is 13.3. The second kappa shape index (κ2) is 22.3. The Bertz CT molecular complexity index is 1970. The molecule has 4 fully saturated rings. The molecule has 4 aliphatic rings. The first-order valence-corrected chi connectivity index (χ1v) is 22.7. The molecule has 0 bridgehead atoms. The summed E-state index contributed by atoms with van der Waals surface area (Å²) in [7, 11) is 0. The first-order chi connectivity index (χ1) is 29.8. The Balaban J connectivity index is 0.000000223. The zero-order valence-corrected chi connectivity index (χ0v) is 36.5. The average molecular weight is 881 g/mol. The molecule has 2 aliphatic heterocycles. The SMILES string of the molecule is CC(=O)c1sc(NC(=O)N[C@@H]2CCCC[C@H]2CN2C[C@H](Cc3ccc(F)cc3)NC(=O)[C@@H]2CO)nc1C.N[C@@H]1CCCC[C@H]1CN1C[C@H](Cc2ccc(F)cc2)NC(=O)[C@@H]1CO. The van der Waals surface area contributed by atoms with Gasteiger partial charge in [-0.15, -0.1) is 0 Å². The van der Waals surface area contributed by atoms with Crippen LogP contribution >= 0.6 is 11.3 Å². The molecule has 2 aliphatic carbocycles. The zero-order chi connectivity index (χ0) is 44.3. The third-order valence-corrected chi connectivity index (χ3v) is 13.9. The molecule has 1 aromatic heterocycles. The number of piperazine rings is 2. The van der Waals surface area contributed by atoms with Crippen LogP contribution in [0.15, 0.2) is 48.5 Å². The molecule has 0 radical (unpaired) electrons. The van der Waals surface area contributed by atoms with E-state index in [2.05, 4.69) is 31.2 Å². The van der Waals surface area contributed by atoms with E-state index >= 15 is 0 Å².